The number of aromatic nitrogens is 4. The maximum Gasteiger partial charge on any atom is 0.223 e. The van der Waals surface area contributed by atoms with Gasteiger partial charge in [0.25, 0.3) is 0 Å². The van der Waals surface area contributed by atoms with E-state index in [1.165, 1.54) is 0 Å². The normalized spacial score (nSPS) is 18.0. The number of para-hydroxylation sites is 2. The molecule has 4 rings (SSSR count). The molecule has 7 nitrogen and oxygen atoms in total. The van der Waals surface area contributed by atoms with Crippen LogP contribution in [-0.2, 0) is 18.3 Å². The maximum atomic E-state index is 12.6. The fourth-order valence-electron chi connectivity index (χ4n) is 3.38. The topological polar surface area (TPSA) is 77.1 Å². The van der Waals surface area contributed by atoms with Gasteiger partial charge in [0.2, 0.25) is 5.91 Å². The van der Waals surface area contributed by atoms with Crippen molar-refractivity contribution in [3.63, 3.8) is 0 Å². The molecule has 25 heavy (non-hydrogen) atoms. The minimum Gasteiger partial charge on any atom is -0.440 e. The summed E-state index contributed by atoms with van der Waals surface area (Å²) in [6.45, 7) is 1.47. The minimum atomic E-state index is 0.156. The number of amides is 1. The number of oxazole rings is 1. The highest BCUT2D eigenvalue weighted by Crippen LogP contribution is 2.29. The van der Waals surface area contributed by atoms with E-state index < -0.39 is 0 Å². The summed E-state index contributed by atoms with van der Waals surface area (Å²) >= 11 is 0. The third-order valence-corrected chi connectivity index (χ3v) is 4.80. The van der Waals surface area contributed by atoms with Gasteiger partial charge < -0.3 is 13.9 Å². The van der Waals surface area contributed by atoms with Gasteiger partial charge in [-0.1, -0.05) is 12.1 Å². The summed E-state index contributed by atoms with van der Waals surface area (Å²) in [5, 5.41) is 7.89. The molecular weight excluding hydrogens is 318 g/mol. The van der Waals surface area contributed by atoms with Crippen LogP contribution in [0, 0.1) is 0 Å². The van der Waals surface area contributed by atoms with Gasteiger partial charge in [-0.15, -0.1) is 10.2 Å². The Labute approximate surface area is 145 Å². The number of rotatable bonds is 4. The lowest BCUT2D eigenvalue weighted by molar-refractivity contribution is -0.132. The number of aryl methyl sites for hydroxylation is 2. The third kappa shape index (κ3) is 3.26. The van der Waals surface area contributed by atoms with Crippen molar-refractivity contribution in [1.29, 1.82) is 0 Å². The van der Waals surface area contributed by atoms with Gasteiger partial charge in [-0.2, -0.15) is 0 Å². The first-order valence-corrected chi connectivity index (χ1v) is 8.67. The van der Waals surface area contributed by atoms with Gasteiger partial charge in [0.15, 0.2) is 11.5 Å². The van der Waals surface area contributed by atoms with Gasteiger partial charge in [-0.05, 0) is 25.0 Å². The quantitative estimate of drug-likeness (QED) is 0.729. The lowest BCUT2D eigenvalue weighted by Crippen LogP contribution is -2.39. The molecule has 1 aliphatic heterocycles. The molecule has 7 heteroatoms. The third-order valence-electron chi connectivity index (χ3n) is 4.80. The average molecular weight is 339 g/mol. The first-order valence-electron chi connectivity index (χ1n) is 8.67. The summed E-state index contributed by atoms with van der Waals surface area (Å²) in [7, 11) is 1.89. The Hall–Kier alpha value is -2.70. The van der Waals surface area contributed by atoms with Crippen LogP contribution in [0.1, 0.15) is 36.9 Å². The molecule has 0 radical (unpaired) electrons. The average Bonchev–Trinajstić information content (AvgIpc) is 3.25. The largest absolute Gasteiger partial charge is 0.440 e. The fourth-order valence-corrected chi connectivity index (χ4v) is 3.38. The molecule has 2 aromatic heterocycles. The summed E-state index contributed by atoms with van der Waals surface area (Å²) in [6.07, 6.45) is 4.69. The van der Waals surface area contributed by atoms with E-state index in [1.807, 2.05) is 40.8 Å². The number of carbonyl (C=O) groups excluding carboxylic acids is 1. The summed E-state index contributed by atoms with van der Waals surface area (Å²) in [4.78, 5) is 19.1. The van der Waals surface area contributed by atoms with Gasteiger partial charge in [0.1, 0.15) is 17.7 Å². The number of hydrogen-bond acceptors (Lipinski definition) is 5. The maximum absolute atomic E-state index is 12.6. The van der Waals surface area contributed by atoms with Crippen LogP contribution in [0.15, 0.2) is 35.0 Å². The Kier molecular flexibility index (Phi) is 4.21. The van der Waals surface area contributed by atoms with Crippen molar-refractivity contribution in [2.75, 3.05) is 13.1 Å². The van der Waals surface area contributed by atoms with Gasteiger partial charge in [-0.25, -0.2) is 4.98 Å². The highest BCUT2D eigenvalue weighted by molar-refractivity contribution is 5.76. The molecule has 0 bridgehead atoms. The Morgan fingerprint density at radius 3 is 3.04 bits per heavy atom. The molecule has 1 aliphatic rings. The number of hydrogen-bond donors (Lipinski definition) is 0. The first-order chi connectivity index (χ1) is 12.2. The molecule has 0 saturated carbocycles. The van der Waals surface area contributed by atoms with E-state index in [9.17, 15) is 4.79 Å². The molecule has 130 valence electrons. The Morgan fingerprint density at radius 1 is 1.36 bits per heavy atom. The number of likely N-dealkylation sites (tertiary alicyclic amines) is 1. The minimum absolute atomic E-state index is 0.156. The molecule has 1 amide bonds. The highest BCUT2D eigenvalue weighted by atomic mass is 16.3. The molecule has 0 N–H and O–H groups in total. The summed E-state index contributed by atoms with van der Waals surface area (Å²) < 4.78 is 7.75. The van der Waals surface area contributed by atoms with Crippen LogP contribution >= 0.6 is 0 Å². The second-order valence-electron chi connectivity index (χ2n) is 6.56. The van der Waals surface area contributed by atoms with E-state index in [1.54, 1.807) is 6.33 Å². The van der Waals surface area contributed by atoms with Gasteiger partial charge >= 0.3 is 0 Å². The van der Waals surface area contributed by atoms with E-state index in [2.05, 4.69) is 15.2 Å². The van der Waals surface area contributed by atoms with E-state index >= 15 is 0 Å². The second-order valence-corrected chi connectivity index (χ2v) is 6.56. The number of fused-ring (bicyclic) bond motifs is 1. The van der Waals surface area contributed by atoms with Crippen LogP contribution in [0.2, 0.25) is 0 Å². The Morgan fingerprint density at radius 2 is 2.24 bits per heavy atom. The number of benzene rings is 1. The zero-order valence-electron chi connectivity index (χ0n) is 14.3. The van der Waals surface area contributed by atoms with Crippen LogP contribution in [0.3, 0.4) is 0 Å². The zero-order chi connectivity index (χ0) is 17.2. The van der Waals surface area contributed by atoms with Gasteiger partial charge in [-0.3, -0.25) is 4.79 Å². The molecule has 1 saturated heterocycles. The van der Waals surface area contributed by atoms with Crippen LogP contribution in [0.5, 0.6) is 0 Å². The zero-order valence-corrected chi connectivity index (χ0v) is 14.3. The van der Waals surface area contributed by atoms with E-state index in [0.29, 0.717) is 19.4 Å². The van der Waals surface area contributed by atoms with Gasteiger partial charge in [0, 0.05) is 33.0 Å². The van der Waals surface area contributed by atoms with Crippen LogP contribution in [0.25, 0.3) is 11.1 Å². The predicted molar refractivity (Wildman–Crippen MR) is 91.9 cm³/mol. The SMILES string of the molecule is Cn1cnnc1CCC(=O)N1CCC[C@H](c2nc3ccccc3o2)C1. The van der Waals surface area contributed by atoms with Crippen molar-refractivity contribution in [2.45, 2.75) is 31.6 Å². The molecule has 0 spiro atoms. The van der Waals surface area contributed by atoms with Crippen molar-refractivity contribution in [2.24, 2.45) is 7.05 Å². The molecular formula is C18H21N5O2. The molecule has 1 aromatic carbocycles. The van der Waals surface area contributed by atoms with Crippen LogP contribution < -0.4 is 0 Å². The summed E-state index contributed by atoms with van der Waals surface area (Å²) in [5.74, 6) is 1.90. The molecule has 1 fully saturated rings. The van der Waals surface area contributed by atoms with E-state index in [0.717, 1.165) is 42.2 Å². The van der Waals surface area contributed by atoms with E-state index in [4.69, 9.17) is 4.42 Å². The van der Waals surface area contributed by atoms with Crippen molar-refractivity contribution in [3.05, 3.63) is 42.3 Å². The molecule has 0 aliphatic carbocycles. The predicted octanol–water partition coefficient (Wildman–Crippen LogP) is 2.30. The van der Waals surface area contributed by atoms with Crippen molar-refractivity contribution in [1.82, 2.24) is 24.6 Å². The highest BCUT2D eigenvalue weighted by Gasteiger charge is 2.28. The number of nitrogens with zero attached hydrogens (tertiary/aromatic N) is 5. The monoisotopic (exact) mass is 339 g/mol. The first kappa shape index (κ1) is 15.8. The lowest BCUT2D eigenvalue weighted by Gasteiger charge is -2.31. The lowest BCUT2D eigenvalue weighted by atomic mass is 9.97. The van der Waals surface area contributed by atoms with Crippen molar-refractivity contribution in [3.8, 4) is 0 Å². The number of piperidine rings is 1. The fraction of sp³-hybridized carbons (Fsp3) is 0.444. The van der Waals surface area contributed by atoms with Crippen LogP contribution in [0.4, 0.5) is 0 Å². The van der Waals surface area contributed by atoms with Crippen molar-refractivity contribution < 1.29 is 9.21 Å². The molecule has 0 unspecified atom stereocenters. The smallest absolute Gasteiger partial charge is 0.223 e. The summed E-state index contributed by atoms with van der Waals surface area (Å²) in [6, 6.07) is 7.78. The standard InChI is InChI=1S/C18H21N5O2/c1-22-12-19-21-16(22)8-9-17(24)23-10-4-5-13(11-23)18-20-14-6-2-3-7-15(14)25-18/h2-3,6-7,12-13H,4-5,8-11H2,1H3/t13-/m0/s1. The summed E-state index contributed by atoms with van der Waals surface area (Å²) in [5.41, 5.74) is 1.69. The van der Waals surface area contributed by atoms with E-state index in [-0.39, 0.29) is 11.8 Å². The molecule has 3 aromatic rings. The molecule has 3 heterocycles. The Balaban J connectivity index is 1.41. The van der Waals surface area contributed by atoms with Crippen molar-refractivity contribution >= 4 is 17.0 Å². The van der Waals surface area contributed by atoms with Gasteiger partial charge in [0.05, 0.1) is 5.92 Å². The number of carbonyl (C=O) groups is 1. The molecule has 1 atom stereocenters. The second kappa shape index (κ2) is 6.66. The van der Waals surface area contributed by atoms with Crippen LogP contribution in [-0.4, -0.2) is 43.6 Å². The Bertz CT molecular complexity index is 851.